The summed E-state index contributed by atoms with van der Waals surface area (Å²) >= 11 is 0. The molecule has 8 heteroatoms. The Kier molecular flexibility index (Phi) is 5.57. The number of carbonyl (C=O) groups is 1. The highest BCUT2D eigenvalue weighted by molar-refractivity contribution is 5.87. The zero-order valence-electron chi connectivity index (χ0n) is 17.5. The van der Waals surface area contributed by atoms with Gasteiger partial charge < -0.3 is 19.1 Å². The molecule has 8 nitrogen and oxygen atoms in total. The number of amides is 1. The minimum Gasteiger partial charge on any atom is -0.485 e. The second-order valence-electron chi connectivity index (χ2n) is 8.11. The molecule has 5 rings (SSSR count). The van der Waals surface area contributed by atoms with E-state index in [4.69, 9.17) is 14.2 Å². The number of fused-ring (bicyclic) bond motifs is 2. The Labute approximate surface area is 180 Å². The third kappa shape index (κ3) is 4.40. The van der Waals surface area contributed by atoms with Crippen molar-refractivity contribution in [1.29, 1.82) is 0 Å². The predicted octanol–water partition coefficient (Wildman–Crippen LogP) is 2.20. The second-order valence-corrected chi connectivity index (χ2v) is 8.11. The summed E-state index contributed by atoms with van der Waals surface area (Å²) in [4.78, 5) is 18.6. The lowest BCUT2D eigenvalue weighted by molar-refractivity contribution is -0.131. The van der Waals surface area contributed by atoms with Crippen molar-refractivity contribution in [3.63, 3.8) is 0 Å². The van der Waals surface area contributed by atoms with E-state index >= 15 is 0 Å². The summed E-state index contributed by atoms with van der Waals surface area (Å²) in [5.41, 5.74) is 0.953. The number of hydrogen-bond donors (Lipinski definition) is 0. The fourth-order valence-electron chi connectivity index (χ4n) is 4.18. The number of hydrogen-bond acceptors (Lipinski definition) is 6. The van der Waals surface area contributed by atoms with Crippen LogP contribution in [0.2, 0.25) is 0 Å². The Balaban J connectivity index is 1.15. The third-order valence-corrected chi connectivity index (χ3v) is 5.82. The lowest BCUT2D eigenvalue weighted by Gasteiger charge is -2.20. The maximum atomic E-state index is 12.6. The first-order valence-corrected chi connectivity index (χ1v) is 10.7. The summed E-state index contributed by atoms with van der Waals surface area (Å²) in [7, 11) is 0. The van der Waals surface area contributed by atoms with Gasteiger partial charge in [-0.3, -0.25) is 14.5 Å². The van der Waals surface area contributed by atoms with Gasteiger partial charge in [-0.2, -0.15) is 5.10 Å². The van der Waals surface area contributed by atoms with Gasteiger partial charge in [-0.05, 0) is 25.1 Å². The van der Waals surface area contributed by atoms with E-state index < -0.39 is 0 Å². The molecule has 2 atom stereocenters. The van der Waals surface area contributed by atoms with Crippen molar-refractivity contribution in [3.05, 3.63) is 54.6 Å². The molecular formula is C23H26N4O4. The van der Waals surface area contributed by atoms with Gasteiger partial charge in [-0.1, -0.05) is 12.1 Å². The molecule has 0 radical (unpaired) electrons. The average Bonchev–Trinajstić information content (AvgIpc) is 3.35. The quantitative estimate of drug-likeness (QED) is 0.627. The van der Waals surface area contributed by atoms with Crippen molar-refractivity contribution < 1.29 is 19.0 Å². The first-order chi connectivity index (χ1) is 15.2. The largest absolute Gasteiger partial charge is 0.485 e. The molecule has 0 saturated carbocycles. The van der Waals surface area contributed by atoms with Crippen LogP contribution in [0.25, 0.3) is 10.8 Å². The predicted molar refractivity (Wildman–Crippen MR) is 114 cm³/mol. The van der Waals surface area contributed by atoms with Gasteiger partial charge >= 0.3 is 0 Å². The minimum atomic E-state index is -0.198. The van der Waals surface area contributed by atoms with Crippen LogP contribution in [0, 0.1) is 6.92 Å². The van der Waals surface area contributed by atoms with E-state index in [1.165, 1.54) is 0 Å². The zero-order valence-corrected chi connectivity index (χ0v) is 17.5. The summed E-state index contributed by atoms with van der Waals surface area (Å²) < 4.78 is 20.2. The van der Waals surface area contributed by atoms with Crippen molar-refractivity contribution >= 4 is 16.7 Å². The van der Waals surface area contributed by atoms with Crippen LogP contribution in [0.1, 0.15) is 12.1 Å². The van der Waals surface area contributed by atoms with Gasteiger partial charge in [0.05, 0.1) is 18.9 Å². The number of rotatable bonds is 5. The lowest BCUT2D eigenvalue weighted by Crippen LogP contribution is -2.33. The highest BCUT2D eigenvalue weighted by Gasteiger charge is 2.39. The molecule has 2 fully saturated rings. The highest BCUT2D eigenvalue weighted by atomic mass is 16.6. The van der Waals surface area contributed by atoms with Gasteiger partial charge in [0, 0.05) is 55.4 Å². The summed E-state index contributed by atoms with van der Waals surface area (Å²) in [5, 5.41) is 6.39. The number of aromatic nitrogens is 3. The van der Waals surface area contributed by atoms with E-state index in [1.54, 1.807) is 10.9 Å². The number of benzene rings is 1. The fourth-order valence-corrected chi connectivity index (χ4v) is 4.18. The van der Waals surface area contributed by atoms with Crippen molar-refractivity contribution in [1.82, 2.24) is 19.7 Å². The van der Waals surface area contributed by atoms with Gasteiger partial charge in [-0.15, -0.1) is 0 Å². The number of aryl methyl sites for hydroxylation is 2. The molecule has 162 valence electrons. The van der Waals surface area contributed by atoms with Crippen LogP contribution < -0.4 is 4.74 Å². The monoisotopic (exact) mass is 422 g/mol. The summed E-state index contributed by atoms with van der Waals surface area (Å²) in [6.45, 7) is 4.48. The van der Waals surface area contributed by atoms with Crippen LogP contribution in [-0.2, 0) is 20.8 Å². The molecule has 0 bridgehead atoms. The molecule has 2 aromatic heterocycles. The first-order valence-electron chi connectivity index (χ1n) is 10.7. The second kappa shape index (κ2) is 8.64. The van der Waals surface area contributed by atoms with Gasteiger partial charge in [0.25, 0.3) is 0 Å². The van der Waals surface area contributed by atoms with Crippen molar-refractivity contribution in [2.45, 2.75) is 38.2 Å². The van der Waals surface area contributed by atoms with Gasteiger partial charge in [0.15, 0.2) is 0 Å². The third-order valence-electron chi connectivity index (χ3n) is 5.82. The molecular weight excluding hydrogens is 396 g/mol. The topological polar surface area (TPSA) is 78.7 Å². The fraction of sp³-hybridized carbons (Fsp3) is 0.435. The molecule has 2 aliphatic heterocycles. The van der Waals surface area contributed by atoms with Crippen molar-refractivity contribution in [3.8, 4) is 5.75 Å². The lowest BCUT2D eigenvalue weighted by atomic mass is 10.1. The van der Waals surface area contributed by atoms with Gasteiger partial charge in [-0.25, -0.2) is 0 Å². The van der Waals surface area contributed by atoms with Crippen LogP contribution in [0.4, 0.5) is 0 Å². The molecule has 0 N–H and O–H groups in total. The Morgan fingerprint density at radius 1 is 1.16 bits per heavy atom. The van der Waals surface area contributed by atoms with Crippen LogP contribution in [0.5, 0.6) is 5.75 Å². The van der Waals surface area contributed by atoms with E-state index in [9.17, 15) is 4.79 Å². The molecule has 2 aliphatic rings. The van der Waals surface area contributed by atoms with Gasteiger partial charge in [0.2, 0.25) is 5.91 Å². The minimum absolute atomic E-state index is 0.102. The van der Waals surface area contributed by atoms with Gasteiger partial charge in [0.1, 0.15) is 24.1 Å². The molecule has 31 heavy (non-hydrogen) atoms. The number of pyridine rings is 1. The van der Waals surface area contributed by atoms with Crippen LogP contribution in [0.15, 0.2) is 48.9 Å². The molecule has 0 aliphatic carbocycles. The Bertz CT molecular complexity index is 1050. The molecule has 1 amide bonds. The molecule has 0 unspecified atom stereocenters. The normalized spacial score (nSPS) is 21.8. The van der Waals surface area contributed by atoms with E-state index in [0.717, 1.165) is 22.2 Å². The molecule has 4 heterocycles. The van der Waals surface area contributed by atoms with Crippen molar-refractivity contribution in [2.24, 2.45) is 0 Å². The Morgan fingerprint density at radius 2 is 1.97 bits per heavy atom. The van der Waals surface area contributed by atoms with E-state index in [2.05, 4.69) is 10.1 Å². The molecule has 0 spiro atoms. The van der Waals surface area contributed by atoms with E-state index in [0.29, 0.717) is 39.3 Å². The highest BCUT2D eigenvalue weighted by Crippen LogP contribution is 2.27. The molecule has 1 aromatic carbocycles. The number of likely N-dealkylation sites (tertiary alicyclic amines) is 1. The van der Waals surface area contributed by atoms with E-state index in [-0.39, 0.29) is 24.2 Å². The SMILES string of the molecule is Cc1ccn(CCC(=O)N2C[C@@H]3OCC(Oc4cccc5cnccc45)CO[C@H]3C2)n1. The van der Waals surface area contributed by atoms with Crippen LogP contribution >= 0.6 is 0 Å². The molecule has 3 aromatic rings. The number of nitrogens with zero attached hydrogens (tertiary/aromatic N) is 4. The van der Waals surface area contributed by atoms with Crippen LogP contribution in [-0.4, -0.2) is 70.2 Å². The number of carbonyl (C=O) groups excluding carboxylic acids is 1. The smallest absolute Gasteiger partial charge is 0.224 e. The maximum absolute atomic E-state index is 12.6. The van der Waals surface area contributed by atoms with E-state index in [1.807, 2.05) is 54.5 Å². The maximum Gasteiger partial charge on any atom is 0.224 e. The first kappa shape index (κ1) is 20.0. The zero-order chi connectivity index (χ0) is 21.2. The average molecular weight is 422 g/mol. The standard InChI is InChI=1S/C23H26N4O4/c1-16-6-9-27(25-16)10-7-23(28)26-12-21-22(13-26)30-15-18(14-29-21)31-20-4-2-3-17-11-24-8-5-19(17)20/h2-6,8-9,11,18,21-22H,7,10,12-15H2,1H3/t21-,22-/m0/s1. The summed E-state index contributed by atoms with van der Waals surface area (Å²) in [6.07, 6.45) is 5.46. The van der Waals surface area contributed by atoms with Crippen LogP contribution in [0.3, 0.4) is 0 Å². The van der Waals surface area contributed by atoms with Crippen molar-refractivity contribution in [2.75, 3.05) is 26.3 Å². The Morgan fingerprint density at radius 3 is 2.71 bits per heavy atom. The summed E-state index contributed by atoms with van der Waals surface area (Å²) in [6, 6.07) is 9.81. The Hall–Kier alpha value is -2.97. The molecule has 2 saturated heterocycles. The summed E-state index contributed by atoms with van der Waals surface area (Å²) in [5.74, 6) is 0.903. The number of ether oxygens (including phenoxy) is 3.